The molecule has 6 nitrogen and oxygen atoms in total. The zero-order chi connectivity index (χ0) is 17.9. The molecule has 2 N–H and O–H groups in total. The molecule has 0 radical (unpaired) electrons. The van der Waals surface area contributed by atoms with E-state index in [0.717, 1.165) is 5.69 Å². The van der Waals surface area contributed by atoms with Crippen LogP contribution < -0.4 is 15.4 Å². The Balaban J connectivity index is 2.17. The molecule has 0 saturated carbocycles. The van der Waals surface area contributed by atoms with Crippen LogP contribution in [0.1, 0.15) is 19.5 Å². The molecule has 0 aliphatic carbocycles. The number of nitrogens with zero attached hydrogens (tertiary/aromatic N) is 1. The van der Waals surface area contributed by atoms with Gasteiger partial charge in [0.25, 0.3) is 5.91 Å². The summed E-state index contributed by atoms with van der Waals surface area (Å²) >= 11 is 12.3. The average Bonchev–Trinajstić information content (AvgIpc) is 2.45. The van der Waals surface area contributed by atoms with E-state index in [1.165, 1.54) is 6.07 Å². The van der Waals surface area contributed by atoms with E-state index in [1.807, 2.05) is 13.0 Å². The number of aromatic nitrogens is 1. The number of pyridine rings is 1. The first-order chi connectivity index (χ1) is 11.3. The van der Waals surface area contributed by atoms with Crippen LogP contribution in [0.25, 0.3) is 10.9 Å². The van der Waals surface area contributed by atoms with Crippen LogP contribution in [0.3, 0.4) is 0 Å². The van der Waals surface area contributed by atoms with Crippen LogP contribution in [0.2, 0.25) is 10.0 Å². The van der Waals surface area contributed by atoms with Gasteiger partial charge in [0.2, 0.25) is 0 Å². The van der Waals surface area contributed by atoms with E-state index in [4.69, 9.17) is 27.9 Å². The van der Waals surface area contributed by atoms with Crippen molar-refractivity contribution in [2.75, 3.05) is 6.61 Å². The van der Waals surface area contributed by atoms with E-state index in [-0.39, 0.29) is 23.4 Å². The molecular formula is C16H17Cl2N3O3. The third-order valence-corrected chi connectivity index (χ3v) is 3.59. The highest BCUT2D eigenvalue weighted by molar-refractivity contribution is 6.39. The lowest BCUT2D eigenvalue weighted by Crippen LogP contribution is -2.44. The van der Waals surface area contributed by atoms with Gasteiger partial charge in [-0.2, -0.15) is 0 Å². The molecule has 1 heterocycles. The summed E-state index contributed by atoms with van der Waals surface area (Å²) in [5, 5.41) is 6.06. The van der Waals surface area contributed by atoms with E-state index < -0.39 is 11.9 Å². The molecule has 0 unspecified atom stereocenters. The molecule has 0 spiro atoms. The summed E-state index contributed by atoms with van der Waals surface area (Å²) in [7, 11) is 0. The third kappa shape index (κ3) is 4.49. The Hall–Kier alpha value is -2.05. The minimum absolute atomic E-state index is 0.0828. The first-order valence-electron chi connectivity index (χ1n) is 7.26. The van der Waals surface area contributed by atoms with E-state index in [1.54, 1.807) is 19.9 Å². The number of ether oxygens (including phenoxy) is 1. The second-order valence-corrected chi connectivity index (χ2v) is 6.30. The van der Waals surface area contributed by atoms with Gasteiger partial charge in [-0.1, -0.05) is 23.2 Å². The van der Waals surface area contributed by atoms with E-state index in [2.05, 4.69) is 15.6 Å². The smallest absolute Gasteiger partial charge is 0.321 e. The van der Waals surface area contributed by atoms with Crippen LogP contribution >= 0.6 is 23.2 Å². The van der Waals surface area contributed by atoms with Crippen molar-refractivity contribution >= 4 is 46.0 Å². The Morgan fingerprint density at radius 1 is 1.25 bits per heavy atom. The van der Waals surface area contributed by atoms with Crippen molar-refractivity contribution < 1.29 is 14.3 Å². The predicted molar refractivity (Wildman–Crippen MR) is 93.8 cm³/mol. The summed E-state index contributed by atoms with van der Waals surface area (Å²) in [6.07, 6.45) is 0. The third-order valence-electron chi connectivity index (χ3n) is 3.00. The number of halogens is 2. The van der Waals surface area contributed by atoms with Gasteiger partial charge in [-0.3, -0.25) is 10.1 Å². The summed E-state index contributed by atoms with van der Waals surface area (Å²) < 4.78 is 5.48. The lowest BCUT2D eigenvalue weighted by atomic mass is 10.2. The summed E-state index contributed by atoms with van der Waals surface area (Å²) in [4.78, 5) is 27.7. The minimum Gasteiger partial charge on any atom is -0.480 e. The largest absolute Gasteiger partial charge is 0.480 e. The van der Waals surface area contributed by atoms with Crippen LogP contribution in [0.5, 0.6) is 5.75 Å². The van der Waals surface area contributed by atoms with Crippen molar-refractivity contribution in [2.24, 2.45) is 0 Å². The van der Waals surface area contributed by atoms with Crippen molar-refractivity contribution in [3.63, 3.8) is 0 Å². The number of benzene rings is 1. The molecule has 0 fully saturated rings. The van der Waals surface area contributed by atoms with Gasteiger partial charge >= 0.3 is 6.03 Å². The highest BCUT2D eigenvalue weighted by atomic mass is 35.5. The molecule has 0 bridgehead atoms. The van der Waals surface area contributed by atoms with E-state index in [0.29, 0.717) is 15.9 Å². The maximum absolute atomic E-state index is 11.8. The molecular weight excluding hydrogens is 353 g/mol. The Bertz CT molecular complexity index is 794. The van der Waals surface area contributed by atoms with Gasteiger partial charge in [0.1, 0.15) is 5.52 Å². The highest BCUT2D eigenvalue weighted by Crippen LogP contribution is 2.37. The maximum Gasteiger partial charge on any atom is 0.321 e. The van der Waals surface area contributed by atoms with Gasteiger partial charge in [0.05, 0.1) is 10.0 Å². The first kappa shape index (κ1) is 18.3. The number of hydrogen-bond acceptors (Lipinski definition) is 4. The summed E-state index contributed by atoms with van der Waals surface area (Å²) in [6, 6.07) is 4.48. The van der Waals surface area contributed by atoms with Crippen molar-refractivity contribution in [1.82, 2.24) is 15.6 Å². The van der Waals surface area contributed by atoms with Crippen molar-refractivity contribution in [2.45, 2.75) is 26.8 Å². The number of fused-ring (bicyclic) bond motifs is 1. The zero-order valence-corrected chi connectivity index (χ0v) is 15.0. The molecule has 2 rings (SSSR count). The van der Waals surface area contributed by atoms with Crippen molar-refractivity contribution in [3.05, 3.63) is 33.9 Å². The molecule has 0 saturated heterocycles. The van der Waals surface area contributed by atoms with Gasteiger partial charge in [-0.05, 0) is 39.0 Å². The number of urea groups is 1. The summed E-state index contributed by atoms with van der Waals surface area (Å²) in [6.45, 7) is 5.01. The second-order valence-electron chi connectivity index (χ2n) is 5.48. The molecule has 0 aliphatic rings. The van der Waals surface area contributed by atoms with Crippen LogP contribution in [0.15, 0.2) is 18.2 Å². The second kappa shape index (κ2) is 7.68. The molecule has 0 atom stereocenters. The number of amides is 3. The van der Waals surface area contributed by atoms with Crippen molar-refractivity contribution in [1.29, 1.82) is 0 Å². The number of aryl methyl sites for hydroxylation is 1. The van der Waals surface area contributed by atoms with Crippen molar-refractivity contribution in [3.8, 4) is 5.75 Å². The molecule has 24 heavy (non-hydrogen) atoms. The fourth-order valence-corrected chi connectivity index (χ4v) is 2.60. The van der Waals surface area contributed by atoms with E-state index in [9.17, 15) is 9.59 Å². The lowest BCUT2D eigenvalue weighted by Gasteiger charge is -2.13. The van der Waals surface area contributed by atoms with Gasteiger partial charge in [0, 0.05) is 17.1 Å². The molecule has 2 aromatic rings. The Morgan fingerprint density at radius 2 is 1.96 bits per heavy atom. The zero-order valence-electron chi connectivity index (χ0n) is 13.4. The Labute approximate surface area is 149 Å². The van der Waals surface area contributed by atoms with Gasteiger partial charge in [-0.15, -0.1) is 0 Å². The minimum atomic E-state index is -0.597. The molecule has 0 aliphatic heterocycles. The summed E-state index contributed by atoms with van der Waals surface area (Å²) in [5.41, 5.74) is 1.22. The van der Waals surface area contributed by atoms with Crippen LogP contribution in [-0.2, 0) is 4.79 Å². The predicted octanol–water partition coefficient (Wildman–Crippen LogP) is 3.46. The van der Waals surface area contributed by atoms with Crippen LogP contribution in [0, 0.1) is 6.92 Å². The normalized spacial score (nSPS) is 10.8. The topological polar surface area (TPSA) is 80.3 Å². The monoisotopic (exact) mass is 369 g/mol. The Morgan fingerprint density at radius 3 is 2.62 bits per heavy atom. The highest BCUT2D eigenvalue weighted by Gasteiger charge is 2.15. The van der Waals surface area contributed by atoms with E-state index >= 15 is 0 Å². The average molecular weight is 370 g/mol. The molecule has 1 aromatic carbocycles. The maximum atomic E-state index is 11.8. The first-order valence-corrected chi connectivity index (χ1v) is 8.02. The lowest BCUT2D eigenvalue weighted by molar-refractivity contribution is -0.121. The van der Waals surface area contributed by atoms with Gasteiger partial charge < -0.3 is 10.1 Å². The number of carbonyl (C=O) groups excluding carboxylic acids is 2. The number of rotatable bonds is 4. The number of imide groups is 1. The standard InChI is InChI=1S/C16H17Cl2N3O3/c1-8(2)19-16(23)21-13(22)7-24-15-12(18)6-11(17)10-5-4-9(3)20-14(10)15/h4-6,8H,7H2,1-3H3,(H2,19,21,22,23). The molecule has 8 heteroatoms. The quantitative estimate of drug-likeness (QED) is 0.864. The van der Waals surface area contributed by atoms with Crippen LogP contribution in [-0.4, -0.2) is 29.6 Å². The molecule has 1 aromatic heterocycles. The number of hydrogen-bond donors (Lipinski definition) is 2. The fraction of sp³-hybridized carbons (Fsp3) is 0.312. The molecule has 3 amide bonds. The van der Waals surface area contributed by atoms with Gasteiger partial charge in [-0.25, -0.2) is 9.78 Å². The molecule has 128 valence electrons. The van der Waals surface area contributed by atoms with Crippen LogP contribution in [0.4, 0.5) is 4.79 Å². The summed E-state index contributed by atoms with van der Waals surface area (Å²) in [5.74, 6) is -0.348. The fourth-order valence-electron chi connectivity index (χ4n) is 2.03. The number of carbonyl (C=O) groups is 2. The van der Waals surface area contributed by atoms with Gasteiger partial charge in [0.15, 0.2) is 12.4 Å². The SMILES string of the molecule is Cc1ccc2c(Cl)cc(Cl)c(OCC(=O)NC(=O)NC(C)C)c2n1. The number of nitrogens with one attached hydrogen (secondary N) is 2. The Kier molecular flexibility index (Phi) is 5.85.